The van der Waals surface area contributed by atoms with Crippen LogP contribution >= 0.6 is 0 Å². The lowest BCUT2D eigenvalue weighted by Gasteiger charge is -2.20. The molecule has 0 saturated carbocycles. The van der Waals surface area contributed by atoms with Crippen LogP contribution in [0.25, 0.3) is 0 Å². The molecule has 1 N–H and O–H groups in total. The highest BCUT2D eigenvalue weighted by Gasteiger charge is 2.37. The molecule has 15 heavy (non-hydrogen) atoms. The highest BCUT2D eigenvalue weighted by atomic mass is 19.4. The molecule has 2 nitrogen and oxygen atoms in total. The lowest BCUT2D eigenvalue weighted by atomic mass is 9.95. The molecule has 0 spiro atoms. The number of carbonyl (C=O) groups excluding carboxylic acids is 1. The number of alkyl halides is 3. The minimum absolute atomic E-state index is 0.226. The van der Waals surface area contributed by atoms with Crippen LogP contribution in [0.15, 0.2) is 18.2 Å². The van der Waals surface area contributed by atoms with Gasteiger partial charge in [-0.3, -0.25) is 4.79 Å². The van der Waals surface area contributed by atoms with Crippen molar-refractivity contribution in [2.75, 3.05) is 6.54 Å². The average Bonchev–Trinajstić information content (AvgIpc) is 2.16. The van der Waals surface area contributed by atoms with Crippen LogP contribution in [0, 0.1) is 0 Å². The van der Waals surface area contributed by atoms with Crippen LogP contribution < -0.4 is 5.32 Å². The van der Waals surface area contributed by atoms with Crippen LogP contribution in [0.4, 0.5) is 13.2 Å². The van der Waals surface area contributed by atoms with Crippen LogP contribution in [0.3, 0.4) is 0 Å². The van der Waals surface area contributed by atoms with E-state index in [0.29, 0.717) is 18.5 Å². The summed E-state index contributed by atoms with van der Waals surface area (Å²) in [4.78, 5) is 11.3. The number of carbonyl (C=O) groups is 1. The zero-order chi connectivity index (χ0) is 11.1. The molecule has 1 amide bonds. The summed E-state index contributed by atoms with van der Waals surface area (Å²) in [5, 5.41) is 2.41. The van der Waals surface area contributed by atoms with Crippen LogP contribution in [0.1, 0.15) is 21.5 Å². The van der Waals surface area contributed by atoms with E-state index in [-0.39, 0.29) is 5.56 Å². The maximum atomic E-state index is 12.6. The van der Waals surface area contributed by atoms with Gasteiger partial charge in [0.05, 0.1) is 11.1 Å². The Morgan fingerprint density at radius 1 is 1.27 bits per heavy atom. The summed E-state index contributed by atoms with van der Waals surface area (Å²) in [6.07, 6.45) is -4.02. The Morgan fingerprint density at radius 3 is 2.67 bits per heavy atom. The molecule has 0 radical (unpaired) electrons. The second kappa shape index (κ2) is 3.25. The number of fused-ring (bicyclic) bond motifs is 1. The van der Waals surface area contributed by atoms with E-state index in [9.17, 15) is 18.0 Å². The van der Waals surface area contributed by atoms with Crippen LogP contribution in [0.2, 0.25) is 0 Å². The first kappa shape index (κ1) is 10.0. The Hall–Kier alpha value is -1.52. The Balaban J connectivity index is 2.62. The van der Waals surface area contributed by atoms with Crippen molar-refractivity contribution < 1.29 is 18.0 Å². The predicted molar refractivity (Wildman–Crippen MR) is 47.5 cm³/mol. The molecular weight excluding hydrogens is 207 g/mol. The molecule has 80 valence electrons. The maximum Gasteiger partial charge on any atom is 0.417 e. The molecule has 0 aliphatic carbocycles. The van der Waals surface area contributed by atoms with Gasteiger partial charge >= 0.3 is 6.18 Å². The third-order valence-electron chi connectivity index (χ3n) is 2.36. The molecule has 1 heterocycles. The molecule has 1 aromatic carbocycles. The summed E-state index contributed by atoms with van der Waals surface area (Å²) in [7, 11) is 0. The molecule has 0 unspecified atom stereocenters. The third kappa shape index (κ3) is 1.69. The average molecular weight is 215 g/mol. The summed E-state index contributed by atoms with van der Waals surface area (Å²) >= 11 is 0. The molecule has 0 fully saturated rings. The lowest BCUT2D eigenvalue weighted by Crippen LogP contribution is -2.34. The lowest BCUT2D eigenvalue weighted by molar-refractivity contribution is -0.138. The quantitative estimate of drug-likeness (QED) is 0.704. The summed E-state index contributed by atoms with van der Waals surface area (Å²) < 4.78 is 37.7. The summed E-state index contributed by atoms with van der Waals surface area (Å²) in [5.41, 5.74) is -0.609. The van der Waals surface area contributed by atoms with E-state index >= 15 is 0 Å². The maximum absolute atomic E-state index is 12.6. The molecule has 0 bridgehead atoms. The Bertz CT molecular complexity index is 412. The minimum Gasteiger partial charge on any atom is -0.352 e. The van der Waals surface area contributed by atoms with Crippen molar-refractivity contribution in [3.8, 4) is 0 Å². The largest absolute Gasteiger partial charge is 0.417 e. The summed E-state index contributed by atoms with van der Waals surface area (Å²) in [6.45, 7) is 0.396. The fraction of sp³-hybridized carbons (Fsp3) is 0.300. The van der Waals surface area contributed by atoms with E-state index in [1.165, 1.54) is 6.07 Å². The number of halogens is 3. The van der Waals surface area contributed by atoms with Gasteiger partial charge in [-0.25, -0.2) is 0 Å². The number of amides is 1. The summed E-state index contributed by atoms with van der Waals surface area (Å²) in [5.74, 6) is -0.635. The molecule has 0 atom stereocenters. The van der Waals surface area contributed by atoms with Crippen molar-refractivity contribution in [1.82, 2.24) is 5.32 Å². The fourth-order valence-electron chi connectivity index (χ4n) is 1.71. The van der Waals surface area contributed by atoms with Gasteiger partial charge in [-0.2, -0.15) is 13.2 Å². The smallest absolute Gasteiger partial charge is 0.352 e. The first-order valence-electron chi connectivity index (χ1n) is 4.47. The first-order chi connectivity index (χ1) is 7.00. The van der Waals surface area contributed by atoms with Crippen LogP contribution in [-0.4, -0.2) is 12.5 Å². The van der Waals surface area contributed by atoms with E-state index in [0.717, 1.165) is 6.07 Å². The van der Waals surface area contributed by atoms with Crippen molar-refractivity contribution in [3.63, 3.8) is 0 Å². The SMILES string of the molecule is O=C1NCCc2cccc(C(F)(F)F)c21. The molecule has 1 aromatic rings. The van der Waals surface area contributed by atoms with Crippen molar-refractivity contribution in [1.29, 1.82) is 0 Å². The van der Waals surface area contributed by atoms with E-state index in [2.05, 4.69) is 5.32 Å². The van der Waals surface area contributed by atoms with E-state index in [4.69, 9.17) is 0 Å². The molecule has 0 saturated heterocycles. The highest BCUT2D eigenvalue weighted by Crippen LogP contribution is 2.34. The molecule has 1 aliphatic heterocycles. The van der Waals surface area contributed by atoms with Crippen LogP contribution in [0.5, 0.6) is 0 Å². The van der Waals surface area contributed by atoms with Crippen molar-refractivity contribution >= 4 is 5.91 Å². The predicted octanol–water partition coefficient (Wildman–Crippen LogP) is 1.99. The van der Waals surface area contributed by atoms with Gasteiger partial charge in [0, 0.05) is 6.54 Å². The van der Waals surface area contributed by atoms with Gasteiger partial charge in [0.2, 0.25) is 0 Å². The first-order valence-corrected chi connectivity index (χ1v) is 4.47. The second-order valence-corrected chi connectivity index (χ2v) is 3.34. The topological polar surface area (TPSA) is 29.1 Å². The molecule has 5 heteroatoms. The monoisotopic (exact) mass is 215 g/mol. The Morgan fingerprint density at radius 2 is 2.00 bits per heavy atom. The van der Waals surface area contributed by atoms with Gasteiger partial charge in [-0.05, 0) is 18.1 Å². The molecular formula is C10H8F3NO. The number of nitrogens with one attached hydrogen (secondary N) is 1. The highest BCUT2D eigenvalue weighted by molar-refractivity contribution is 5.98. The normalized spacial score (nSPS) is 15.8. The van der Waals surface area contributed by atoms with Gasteiger partial charge in [0.1, 0.15) is 0 Å². The van der Waals surface area contributed by atoms with E-state index in [1.54, 1.807) is 6.07 Å². The number of hydrogen-bond acceptors (Lipinski definition) is 1. The van der Waals surface area contributed by atoms with Gasteiger partial charge < -0.3 is 5.32 Å². The number of rotatable bonds is 0. The standard InChI is InChI=1S/C10H8F3NO/c11-10(12,13)7-3-1-2-6-4-5-14-9(15)8(6)7/h1-3H,4-5H2,(H,14,15). The Kier molecular flexibility index (Phi) is 2.17. The van der Waals surface area contributed by atoms with Crippen molar-refractivity contribution in [2.45, 2.75) is 12.6 Å². The minimum atomic E-state index is -4.47. The third-order valence-corrected chi connectivity index (χ3v) is 2.36. The number of benzene rings is 1. The van der Waals surface area contributed by atoms with Gasteiger partial charge in [-0.1, -0.05) is 12.1 Å². The summed E-state index contributed by atoms with van der Waals surface area (Å²) in [6, 6.07) is 3.83. The zero-order valence-electron chi connectivity index (χ0n) is 7.69. The van der Waals surface area contributed by atoms with Crippen molar-refractivity contribution in [3.05, 3.63) is 34.9 Å². The van der Waals surface area contributed by atoms with Gasteiger partial charge in [-0.15, -0.1) is 0 Å². The zero-order valence-corrected chi connectivity index (χ0v) is 7.69. The van der Waals surface area contributed by atoms with Gasteiger partial charge in [0.15, 0.2) is 0 Å². The van der Waals surface area contributed by atoms with E-state index in [1.807, 2.05) is 0 Å². The Labute approximate surface area is 84.1 Å². The van der Waals surface area contributed by atoms with Crippen molar-refractivity contribution in [2.24, 2.45) is 0 Å². The molecule has 1 aliphatic rings. The fourth-order valence-corrected chi connectivity index (χ4v) is 1.71. The second-order valence-electron chi connectivity index (χ2n) is 3.34. The van der Waals surface area contributed by atoms with Crippen LogP contribution in [-0.2, 0) is 12.6 Å². The number of hydrogen-bond donors (Lipinski definition) is 1. The molecule has 2 rings (SSSR count). The molecule has 0 aromatic heterocycles. The van der Waals surface area contributed by atoms with E-state index < -0.39 is 17.6 Å². The van der Waals surface area contributed by atoms with Gasteiger partial charge in [0.25, 0.3) is 5.91 Å².